The summed E-state index contributed by atoms with van der Waals surface area (Å²) < 4.78 is 27.7. The minimum atomic E-state index is -3.99. The van der Waals surface area contributed by atoms with E-state index >= 15 is 0 Å². The molecule has 3 aromatic rings. The Morgan fingerprint density at radius 3 is 2.62 bits per heavy atom. The van der Waals surface area contributed by atoms with E-state index in [0.29, 0.717) is 6.54 Å². The van der Waals surface area contributed by atoms with Crippen molar-refractivity contribution in [3.63, 3.8) is 0 Å². The van der Waals surface area contributed by atoms with Gasteiger partial charge in [-0.25, -0.2) is 13.4 Å². The summed E-state index contributed by atoms with van der Waals surface area (Å²) in [5.41, 5.74) is 7.60. The lowest BCUT2D eigenvalue weighted by atomic mass is 10.1. The Kier molecular flexibility index (Phi) is 7.29. The third-order valence-corrected chi connectivity index (χ3v) is 8.80. The van der Waals surface area contributed by atoms with Crippen LogP contribution < -0.4 is 11.1 Å². The van der Waals surface area contributed by atoms with Crippen molar-refractivity contribution < 1.29 is 18.0 Å². The standard InChI is InChI=1S/C22H22ClN5O4S2/c23-18-7-6-17(14-25-18)22(30)27-8-9-28(34(31,32)19-5-2-10-33-19)21(27)20(29)26-13-16-4-1-3-15(11-16)12-24/h1-7,10-11,14,21H,8-9,12-13,24H2,(H,26,29). The van der Waals surface area contributed by atoms with Gasteiger partial charge < -0.3 is 16.0 Å². The molecule has 0 aliphatic carbocycles. The van der Waals surface area contributed by atoms with Crippen LogP contribution in [-0.4, -0.2) is 53.7 Å². The summed E-state index contributed by atoms with van der Waals surface area (Å²) in [5.74, 6) is -1.12. The maximum Gasteiger partial charge on any atom is 0.259 e. The molecule has 3 N–H and O–H groups in total. The summed E-state index contributed by atoms with van der Waals surface area (Å²) in [4.78, 5) is 31.7. The number of carbonyl (C=O) groups excluding carboxylic acids is 2. The van der Waals surface area contributed by atoms with Crippen molar-refractivity contribution in [3.8, 4) is 0 Å². The van der Waals surface area contributed by atoms with Gasteiger partial charge in [-0.1, -0.05) is 41.9 Å². The van der Waals surface area contributed by atoms with Crippen LogP contribution in [0.2, 0.25) is 5.15 Å². The molecule has 1 aliphatic heterocycles. The van der Waals surface area contributed by atoms with E-state index in [9.17, 15) is 18.0 Å². The molecule has 3 heterocycles. The first-order valence-corrected chi connectivity index (χ1v) is 13.0. The van der Waals surface area contributed by atoms with Gasteiger partial charge in [0.15, 0.2) is 6.17 Å². The SMILES string of the molecule is NCc1cccc(CNC(=O)C2N(C(=O)c3ccc(Cl)nc3)CCN2S(=O)(=O)c2cccs2)c1. The molecule has 4 rings (SSSR count). The van der Waals surface area contributed by atoms with Crippen molar-refractivity contribution in [2.45, 2.75) is 23.5 Å². The van der Waals surface area contributed by atoms with Crippen molar-refractivity contribution in [3.05, 3.63) is 82.0 Å². The number of amides is 2. The minimum absolute atomic E-state index is 0.0201. The largest absolute Gasteiger partial charge is 0.349 e. The Morgan fingerprint density at radius 1 is 1.15 bits per heavy atom. The molecule has 12 heteroatoms. The molecule has 1 fully saturated rings. The second kappa shape index (κ2) is 10.2. The molecule has 1 unspecified atom stereocenters. The normalized spacial score (nSPS) is 16.5. The smallest absolute Gasteiger partial charge is 0.259 e. The van der Waals surface area contributed by atoms with E-state index in [0.717, 1.165) is 26.8 Å². The third kappa shape index (κ3) is 4.98. The number of sulfonamides is 1. The molecule has 1 saturated heterocycles. The summed E-state index contributed by atoms with van der Waals surface area (Å²) in [6, 6.07) is 13.4. The highest BCUT2D eigenvalue weighted by Crippen LogP contribution is 2.28. The second-order valence-corrected chi connectivity index (χ2v) is 11.0. The van der Waals surface area contributed by atoms with Gasteiger partial charge >= 0.3 is 0 Å². The lowest BCUT2D eigenvalue weighted by molar-refractivity contribution is -0.127. The Morgan fingerprint density at radius 2 is 1.94 bits per heavy atom. The van der Waals surface area contributed by atoms with Crippen molar-refractivity contribution in [1.29, 1.82) is 0 Å². The van der Waals surface area contributed by atoms with Crippen LogP contribution >= 0.6 is 22.9 Å². The summed E-state index contributed by atoms with van der Waals surface area (Å²) >= 11 is 6.87. The molecule has 1 aliphatic rings. The van der Waals surface area contributed by atoms with Crippen LogP contribution in [0.3, 0.4) is 0 Å². The molecular formula is C22H22ClN5O4S2. The van der Waals surface area contributed by atoms with Gasteiger partial charge in [-0.05, 0) is 34.7 Å². The Bertz CT molecular complexity index is 1280. The number of benzene rings is 1. The number of rotatable bonds is 7. The molecule has 2 aromatic heterocycles. The first-order chi connectivity index (χ1) is 16.3. The fraction of sp³-hybridized carbons (Fsp3) is 0.227. The zero-order chi connectivity index (χ0) is 24.3. The van der Waals surface area contributed by atoms with Crippen LogP contribution in [-0.2, 0) is 27.9 Å². The van der Waals surface area contributed by atoms with E-state index < -0.39 is 28.0 Å². The van der Waals surface area contributed by atoms with Crippen LogP contribution in [0.5, 0.6) is 0 Å². The average molecular weight is 520 g/mol. The summed E-state index contributed by atoms with van der Waals surface area (Å²) in [5, 5.41) is 4.63. The topological polar surface area (TPSA) is 126 Å². The molecule has 0 saturated carbocycles. The number of pyridine rings is 1. The van der Waals surface area contributed by atoms with Crippen molar-refractivity contribution in [2.75, 3.05) is 13.1 Å². The second-order valence-electron chi connectivity index (χ2n) is 7.53. The van der Waals surface area contributed by atoms with Crippen molar-refractivity contribution in [2.24, 2.45) is 5.73 Å². The molecule has 2 amide bonds. The van der Waals surface area contributed by atoms with Gasteiger partial charge in [-0.3, -0.25) is 9.59 Å². The van der Waals surface area contributed by atoms with Crippen LogP contribution in [0, 0.1) is 0 Å². The van der Waals surface area contributed by atoms with E-state index in [4.69, 9.17) is 17.3 Å². The maximum atomic E-state index is 13.3. The van der Waals surface area contributed by atoms with E-state index in [1.54, 1.807) is 11.4 Å². The van der Waals surface area contributed by atoms with Gasteiger partial charge in [0.05, 0.1) is 5.56 Å². The maximum absolute atomic E-state index is 13.3. The lowest BCUT2D eigenvalue weighted by Crippen LogP contribution is -2.53. The number of thiophene rings is 1. The van der Waals surface area contributed by atoms with Crippen LogP contribution in [0.4, 0.5) is 0 Å². The number of hydrogen-bond donors (Lipinski definition) is 2. The first-order valence-electron chi connectivity index (χ1n) is 10.3. The summed E-state index contributed by atoms with van der Waals surface area (Å²) in [6.45, 7) is 0.537. The van der Waals surface area contributed by atoms with Gasteiger partial charge in [-0.2, -0.15) is 4.31 Å². The molecule has 178 valence electrons. The Labute approximate surface area is 206 Å². The van der Waals surface area contributed by atoms with Crippen LogP contribution in [0.1, 0.15) is 21.5 Å². The number of nitrogens with one attached hydrogen (secondary N) is 1. The molecule has 9 nitrogen and oxygen atoms in total. The highest BCUT2D eigenvalue weighted by atomic mass is 35.5. The zero-order valence-corrected chi connectivity index (χ0v) is 20.3. The van der Waals surface area contributed by atoms with Gasteiger partial charge in [0.1, 0.15) is 9.36 Å². The first kappa shape index (κ1) is 24.3. The van der Waals surface area contributed by atoms with E-state index in [1.165, 1.54) is 29.3 Å². The monoisotopic (exact) mass is 519 g/mol. The zero-order valence-electron chi connectivity index (χ0n) is 17.9. The third-order valence-electron chi connectivity index (χ3n) is 5.35. The molecule has 0 radical (unpaired) electrons. The van der Waals surface area contributed by atoms with Crippen molar-refractivity contribution in [1.82, 2.24) is 19.5 Å². The number of carbonyl (C=O) groups is 2. The van der Waals surface area contributed by atoms with Gasteiger partial charge in [0.25, 0.3) is 21.8 Å². The lowest BCUT2D eigenvalue weighted by Gasteiger charge is -2.28. The average Bonchev–Trinajstić information content (AvgIpc) is 3.54. The van der Waals surface area contributed by atoms with Crippen LogP contribution in [0.15, 0.2) is 64.3 Å². The Balaban J connectivity index is 1.62. The molecule has 1 atom stereocenters. The van der Waals surface area contributed by atoms with Gasteiger partial charge in [0.2, 0.25) is 0 Å². The fourth-order valence-corrected chi connectivity index (χ4v) is 6.46. The number of hydrogen-bond acceptors (Lipinski definition) is 7. The number of nitrogens with two attached hydrogens (primary N) is 1. The molecular weight excluding hydrogens is 498 g/mol. The quantitative estimate of drug-likeness (QED) is 0.460. The Hall–Kier alpha value is -2.83. The molecule has 1 aromatic carbocycles. The molecule has 0 bridgehead atoms. The number of halogens is 1. The van der Waals surface area contributed by atoms with E-state index in [-0.39, 0.29) is 34.6 Å². The van der Waals surface area contributed by atoms with E-state index in [1.807, 2.05) is 24.3 Å². The summed E-state index contributed by atoms with van der Waals surface area (Å²) in [6.07, 6.45) is -0.0538. The highest BCUT2D eigenvalue weighted by molar-refractivity contribution is 7.91. The van der Waals surface area contributed by atoms with E-state index in [2.05, 4.69) is 10.3 Å². The van der Waals surface area contributed by atoms with Crippen LogP contribution in [0.25, 0.3) is 0 Å². The molecule has 0 spiro atoms. The predicted octanol–water partition coefficient (Wildman–Crippen LogP) is 2.04. The number of nitrogens with zero attached hydrogens (tertiary/aromatic N) is 3. The van der Waals surface area contributed by atoms with Gasteiger partial charge in [-0.15, -0.1) is 11.3 Å². The predicted molar refractivity (Wildman–Crippen MR) is 128 cm³/mol. The fourth-order valence-electron chi connectivity index (χ4n) is 3.68. The summed E-state index contributed by atoms with van der Waals surface area (Å²) in [7, 11) is -3.99. The van der Waals surface area contributed by atoms with Gasteiger partial charge in [0, 0.05) is 32.4 Å². The minimum Gasteiger partial charge on any atom is -0.349 e. The van der Waals surface area contributed by atoms with Crippen molar-refractivity contribution >= 4 is 44.8 Å². The molecule has 34 heavy (non-hydrogen) atoms. The highest BCUT2D eigenvalue weighted by Gasteiger charge is 2.46. The number of aromatic nitrogens is 1.